The van der Waals surface area contributed by atoms with Gasteiger partial charge in [0.25, 0.3) is 0 Å². The van der Waals surface area contributed by atoms with Gasteiger partial charge in [0.2, 0.25) is 0 Å². The summed E-state index contributed by atoms with van der Waals surface area (Å²) >= 11 is 0. The van der Waals surface area contributed by atoms with E-state index in [0.717, 1.165) is 22.3 Å². The molecule has 0 amide bonds. The summed E-state index contributed by atoms with van der Waals surface area (Å²) in [6.45, 7) is 1.68. The molecule has 1 aliphatic rings. The number of aromatic nitrogens is 1. The minimum Gasteiger partial charge on any atom is -0.497 e. The van der Waals surface area contributed by atoms with Crippen molar-refractivity contribution in [3.8, 4) is 5.75 Å². The van der Waals surface area contributed by atoms with Gasteiger partial charge in [-0.25, -0.2) is 4.98 Å². The van der Waals surface area contributed by atoms with Crippen LogP contribution in [0.1, 0.15) is 12.8 Å². The highest BCUT2D eigenvalue weighted by atomic mass is 16.5. The van der Waals surface area contributed by atoms with Crippen molar-refractivity contribution in [2.45, 2.75) is 18.4 Å². The molecule has 1 aliphatic heterocycles. The van der Waals surface area contributed by atoms with Gasteiger partial charge in [0, 0.05) is 44.2 Å². The van der Waals surface area contributed by atoms with Crippen molar-refractivity contribution in [2.24, 2.45) is 0 Å². The van der Waals surface area contributed by atoms with Gasteiger partial charge in [-0.05, 0) is 23.6 Å². The molecular weight excluding hydrogens is 268 g/mol. The highest BCUT2D eigenvalue weighted by Gasteiger charge is 2.29. The summed E-state index contributed by atoms with van der Waals surface area (Å²) in [5.41, 5.74) is -0.721. The van der Waals surface area contributed by atoms with Gasteiger partial charge in [-0.15, -0.1) is 0 Å². The molecule has 0 bridgehead atoms. The van der Waals surface area contributed by atoms with Crippen molar-refractivity contribution in [3.05, 3.63) is 30.5 Å². The number of pyridine rings is 1. The Balaban J connectivity index is 1.82. The van der Waals surface area contributed by atoms with Gasteiger partial charge >= 0.3 is 0 Å². The molecule has 0 aliphatic carbocycles. The van der Waals surface area contributed by atoms with Crippen LogP contribution in [-0.2, 0) is 4.74 Å². The molecule has 112 valence electrons. The number of hydrogen-bond donors (Lipinski definition) is 2. The quantitative estimate of drug-likeness (QED) is 0.903. The van der Waals surface area contributed by atoms with Crippen LogP contribution in [0.4, 0.5) is 5.82 Å². The molecule has 5 nitrogen and oxygen atoms in total. The Hall–Kier alpha value is -1.85. The van der Waals surface area contributed by atoms with E-state index in [9.17, 15) is 5.11 Å². The molecule has 5 heteroatoms. The average Bonchev–Trinajstić information content (AvgIpc) is 2.53. The summed E-state index contributed by atoms with van der Waals surface area (Å²) < 4.78 is 10.6. The zero-order valence-electron chi connectivity index (χ0n) is 12.1. The summed E-state index contributed by atoms with van der Waals surface area (Å²) in [4.78, 5) is 4.39. The van der Waals surface area contributed by atoms with E-state index in [1.54, 1.807) is 13.3 Å². The molecule has 3 rings (SSSR count). The Kier molecular flexibility index (Phi) is 3.94. The van der Waals surface area contributed by atoms with Crippen LogP contribution >= 0.6 is 0 Å². The third kappa shape index (κ3) is 3.09. The molecule has 1 saturated heterocycles. The van der Waals surface area contributed by atoms with E-state index in [0.29, 0.717) is 32.6 Å². The maximum atomic E-state index is 10.5. The lowest BCUT2D eigenvalue weighted by Crippen LogP contribution is -2.42. The highest BCUT2D eigenvalue weighted by molar-refractivity contribution is 5.92. The van der Waals surface area contributed by atoms with Crippen LogP contribution in [-0.4, -0.2) is 42.6 Å². The summed E-state index contributed by atoms with van der Waals surface area (Å²) in [5, 5.41) is 15.9. The van der Waals surface area contributed by atoms with Crippen LogP contribution in [0.15, 0.2) is 30.5 Å². The minimum absolute atomic E-state index is 0.472. The first kappa shape index (κ1) is 14.1. The zero-order valence-corrected chi connectivity index (χ0v) is 12.1. The normalized spacial score (nSPS) is 17.6. The first-order chi connectivity index (χ1) is 10.2. The van der Waals surface area contributed by atoms with Crippen molar-refractivity contribution < 1.29 is 14.6 Å². The Labute approximate surface area is 123 Å². The second-order valence-electron chi connectivity index (χ2n) is 5.44. The molecule has 1 aromatic carbocycles. The molecule has 0 spiro atoms. The van der Waals surface area contributed by atoms with Crippen LogP contribution in [0, 0.1) is 0 Å². The summed E-state index contributed by atoms with van der Waals surface area (Å²) in [7, 11) is 1.65. The average molecular weight is 288 g/mol. The van der Waals surface area contributed by atoms with E-state index >= 15 is 0 Å². The lowest BCUT2D eigenvalue weighted by molar-refractivity contribution is -0.0543. The Morgan fingerprint density at radius 3 is 2.90 bits per heavy atom. The molecule has 0 saturated carbocycles. The van der Waals surface area contributed by atoms with Gasteiger partial charge in [0.05, 0.1) is 12.7 Å². The lowest BCUT2D eigenvalue weighted by Gasteiger charge is -2.32. The maximum absolute atomic E-state index is 10.5. The molecule has 21 heavy (non-hydrogen) atoms. The third-order valence-electron chi connectivity index (χ3n) is 3.98. The fourth-order valence-electron chi connectivity index (χ4n) is 2.59. The molecule has 2 heterocycles. The van der Waals surface area contributed by atoms with E-state index < -0.39 is 5.60 Å². The monoisotopic (exact) mass is 288 g/mol. The highest BCUT2D eigenvalue weighted by Crippen LogP contribution is 2.27. The summed E-state index contributed by atoms with van der Waals surface area (Å²) in [6.07, 6.45) is 3.06. The predicted octanol–water partition coefficient (Wildman–Crippen LogP) is 2.20. The second kappa shape index (κ2) is 5.87. The number of hydrogen-bond acceptors (Lipinski definition) is 5. The molecular formula is C16H20N2O3. The molecule has 0 atom stereocenters. The standard InChI is InChI=1S/C16H20N2O3/c1-20-13-3-2-12-4-7-17-15(14(12)10-13)18-11-16(19)5-8-21-9-6-16/h2-4,7,10,19H,5-6,8-9,11H2,1H3,(H,17,18). The first-order valence-electron chi connectivity index (χ1n) is 7.17. The Morgan fingerprint density at radius 2 is 2.14 bits per heavy atom. The fourth-order valence-corrected chi connectivity index (χ4v) is 2.59. The SMILES string of the molecule is COc1ccc2ccnc(NCC3(O)CCOCC3)c2c1. The van der Waals surface area contributed by atoms with Gasteiger partial charge in [-0.3, -0.25) is 0 Å². The Bertz CT molecular complexity index is 624. The number of rotatable bonds is 4. The molecule has 1 aromatic heterocycles. The maximum Gasteiger partial charge on any atom is 0.134 e. The van der Waals surface area contributed by atoms with Crippen molar-refractivity contribution in [3.63, 3.8) is 0 Å². The zero-order chi connectivity index (χ0) is 14.7. The van der Waals surface area contributed by atoms with E-state index in [1.807, 2.05) is 24.3 Å². The predicted molar refractivity (Wildman–Crippen MR) is 81.8 cm³/mol. The molecule has 0 radical (unpaired) electrons. The van der Waals surface area contributed by atoms with Crippen molar-refractivity contribution in [2.75, 3.05) is 32.2 Å². The number of anilines is 1. The second-order valence-corrected chi connectivity index (χ2v) is 5.44. The van der Waals surface area contributed by atoms with Crippen molar-refractivity contribution in [1.82, 2.24) is 4.98 Å². The number of fused-ring (bicyclic) bond motifs is 1. The molecule has 0 unspecified atom stereocenters. The smallest absolute Gasteiger partial charge is 0.134 e. The lowest BCUT2D eigenvalue weighted by atomic mass is 9.94. The number of nitrogens with one attached hydrogen (secondary N) is 1. The van der Waals surface area contributed by atoms with Gasteiger partial charge in [0.1, 0.15) is 11.6 Å². The van der Waals surface area contributed by atoms with Crippen LogP contribution in [0.3, 0.4) is 0 Å². The third-order valence-corrected chi connectivity index (χ3v) is 3.98. The number of methoxy groups -OCH3 is 1. The van der Waals surface area contributed by atoms with Gasteiger partial charge < -0.3 is 19.9 Å². The topological polar surface area (TPSA) is 63.6 Å². The molecule has 2 N–H and O–H groups in total. The van der Waals surface area contributed by atoms with Crippen LogP contribution < -0.4 is 10.1 Å². The molecule has 1 fully saturated rings. The van der Waals surface area contributed by atoms with Crippen LogP contribution in [0.5, 0.6) is 5.75 Å². The first-order valence-corrected chi connectivity index (χ1v) is 7.17. The summed E-state index contributed by atoms with van der Waals surface area (Å²) in [5.74, 6) is 1.56. The Morgan fingerprint density at radius 1 is 1.33 bits per heavy atom. The van der Waals surface area contributed by atoms with Crippen molar-refractivity contribution >= 4 is 16.6 Å². The van der Waals surface area contributed by atoms with Gasteiger partial charge in [-0.2, -0.15) is 0 Å². The van der Waals surface area contributed by atoms with E-state index in [4.69, 9.17) is 9.47 Å². The van der Waals surface area contributed by atoms with E-state index in [-0.39, 0.29) is 0 Å². The van der Waals surface area contributed by atoms with Crippen molar-refractivity contribution in [1.29, 1.82) is 0 Å². The molecule has 2 aromatic rings. The van der Waals surface area contributed by atoms with Gasteiger partial charge in [-0.1, -0.05) is 6.07 Å². The fraction of sp³-hybridized carbons (Fsp3) is 0.438. The number of aliphatic hydroxyl groups is 1. The van der Waals surface area contributed by atoms with E-state index in [1.165, 1.54) is 0 Å². The minimum atomic E-state index is -0.721. The largest absolute Gasteiger partial charge is 0.497 e. The van der Waals surface area contributed by atoms with Gasteiger partial charge in [0.15, 0.2) is 0 Å². The van der Waals surface area contributed by atoms with Crippen LogP contribution in [0.25, 0.3) is 10.8 Å². The van der Waals surface area contributed by atoms with Crippen LogP contribution in [0.2, 0.25) is 0 Å². The van der Waals surface area contributed by atoms with E-state index in [2.05, 4.69) is 10.3 Å². The number of nitrogens with zero attached hydrogens (tertiary/aromatic N) is 1. The number of ether oxygens (including phenoxy) is 2. The number of benzene rings is 1. The summed E-state index contributed by atoms with van der Waals surface area (Å²) in [6, 6.07) is 7.85.